The quantitative estimate of drug-likeness (QED) is 0.903. The van der Waals surface area contributed by atoms with E-state index in [1.54, 1.807) is 6.07 Å². The molecule has 1 aromatic carbocycles. The van der Waals surface area contributed by atoms with Gasteiger partial charge >= 0.3 is 0 Å². The molecule has 1 heterocycles. The molecule has 0 spiro atoms. The second kappa shape index (κ2) is 6.10. The topological polar surface area (TPSA) is 75.4 Å². The Morgan fingerprint density at radius 3 is 2.90 bits per heavy atom. The van der Waals surface area contributed by atoms with Gasteiger partial charge in [0.05, 0.1) is 0 Å². The van der Waals surface area contributed by atoms with Crippen LogP contribution in [0.15, 0.2) is 40.9 Å². The maximum Gasteiger partial charge on any atom is 0.290 e. The normalized spacial score (nSPS) is 21.4. The smallest absolute Gasteiger partial charge is 0.290 e. The lowest BCUT2D eigenvalue weighted by atomic mass is 10.1. The minimum atomic E-state index is -0.268. The van der Waals surface area contributed by atoms with Crippen LogP contribution in [0.2, 0.25) is 0 Å². The zero-order valence-corrected chi connectivity index (χ0v) is 11.7. The first-order valence-electron chi connectivity index (χ1n) is 7.22. The molecule has 2 atom stereocenters. The van der Waals surface area contributed by atoms with Gasteiger partial charge in [0.25, 0.3) is 5.91 Å². The summed E-state index contributed by atoms with van der Waals surface area (Å²) >= 11 is 0. The number of aliphatic hydroxyl groups excluding tert-OH is 1. The Balaban J connectivity index is 1.70. The van der Waals surface area contributed by atoms with Gasteiger partial charge in [0.1, 0.15) is 5.69 Å². The van der Waals surface area contributed by atoms with Crippen molar-refractivity contribution >= 4 is 5.91 Å². The third-order valence-electron chi connectivity index (χ3n) is 4.01. The number of carbonyl (C=O) groups excluding carboxylic acids is 1. The molecule has 0 bridgehead atoms. The van der Waals surface area contributed by atoms with Gasteiger partial charge in [0.2, 0.25) is 5.76 Å². The molecular weight excluding hydrogens is 268 g/mol. The molecule has 1 aliphatic rings. The number of nitrogens with one attached hydrogen (secondary N) is 1. The van der Waals surface area contributed by atoms with E-state index in [1.807, 2.05) is 30.3 Å². The standard InChI is InChI=1S/C16H18N2O3/c19-10-12-7-4-8-13(12)17-16(20)15-9-14(18-21-15)11-5-2-1-3-6-11/h1-3,5-6,9,12-13,19H,4,7-8,10H2,(H,17,20). The minimum Gasteiger partial charge on any atom is -0.396 e. The molecule has 0 radical (unpaired) electrons. The number of aromatic nitrogens is 1. The molecule has 5 heteroatoms. The molecule has 2 unspecified atom stereocenters. The van der Waals surface area contributed by atoms with Crippen LogP contribution in [0.5, 0.6) is 0 Å². The molecule has 2 N–H and O–H groups in total. The fraction of sp³-hybridized carbons (Fsp3) is 0.375. The lowest BCUT2D eigenvalue weighted by Crippen LogP contribution is -2.38. The van der Waals surface area contributed by atoms with E-state index in [4.69, 9.17) is 4.52 Å². The Kier molecular flexibility index (Phi) is 4.01. The summed E-state index contributed by atoms with van der Waals surface area (Å²) in [4.78, 5) is 12.2. The molecule has 3 rings (SSSR count). The van der Waals surface area contributed by atoms with Gasteiger partial charge in [-0.2, -0.15) is 0 Å². The van der Waals surface area contributed by atoms with Crippen molar-refractivity contribution in [3.05, 3.63) is 42.2 Å². The Labute approximate surface area is 123 Å². The van der Waals surface area contributed by atoms with Crippen LogP contribution in [0.4, 0.5) is 0 Å². The lowest BCUT2D eigenvalue weighted by Gasteiger charge is -2.17. The number of rotatable bonds is 4. The van der Waals surface area contributed by atoms with Crippen LogP contribution in [-0.2, 0) is 0 Å². The Bertz CT molecular complexity index is 609. The average Bonchev–Trinajstić information content (AvgIpc) is 3.17. The van der Waals surface area contributed by atoms with Gasteiger partial charge in [0.15, 0.2) is 0 Å². The summed E-state index contributed by atoms with van der Waals surface area (Å²) in [6, 6.07) is 11.2. The maximum atomic E-state index is 12.2. The molecule has 0 saturated heterocycles. The molecule has 1 saturated carbocycles. The van der Waals surface area contributed by atoms with Crippen LogP contribution < -0.4 is 5.32 Å². The van der Waals surface area contributed by atoms with E-state index in [-0.39, 0.29) is 30.2 Å². The first kappa shape index (κ1) is 13.8. The van der Waals surface area contributed by atoms with E-state index in [9.17, 15) is 9.90 Å². The molecule has 1 fully saturated rings. The number of nitrogens with zero attached hydrogens (tertiary/aromatic N) is 1. The van der Waals surface area contributed by atoms with Gasteiger partial charge in [-0.25, -0.2) is 0 Å². The predicted octanol–water partition coefficient (Wildman–Crippen LogP) is 2.23. The summed E-state index contributed by atoms with van der Waals surface area (Å²) in [7, 11) is 0. The summed E-state index contributed by atoms with van der Waals surface area (Å²) in [6.07, 6.45) is 2.88. The maximum absolute atomic E-state index is 12.2. The third-order valence-corrected chi connectivity index (χ3v) is 4.01. The first-order chi connectivity index (χ1) is 10.3. The number of hydrogen-bond acceptors (Lipinski definition) is 4. The molecule has 0 aliphatic heterocycles. The number of aliphatic hydroxyl groups is 1. The van der Waals surface area contributed by atoms with Crippen molar-refractivity contribution < 1.29 is 14.4 Å². The summed E-state index contributed by atoms with van der Waals surface area (Å²) in [5, 5.41) is 16.1. The van der Waals surface area contributed by atoms with Crippen LogP contribution in [-0.4, -0.2) is 28.8 Å². The number of hydrogen-bond donors (Lipinski definition) is 2. The first-order valence-corrected chi connectivity index (χ1v) is 7.22. The number of carbonyl (C=O) groups is 1. The fourth-order valence-electron chi connectivity index (χ4n) is 2.81. The van der Waals surface area contributed by atoms with Crippen LogP contribution in [0, 0.1) is 5.92 Å². The van der Waals surface area contributed by atoms with E-state index >= 15 is 0 Å². The van der Waals surface area contributed by atoms with E-state index in [1.165, 1.54) is 0 Å². The molecule has 110 valence electrons. The summed E-state index contributed by atoms with van der Waals surface area (Å²) in [5.41, 5.74) is 1.56. The van der Waals surface area contributed by atoms with Crippen LogP contribution >= 0.6 is 0 Å². The van der Waals surface area contributed by atoms with Crippen molar-refractivity contribution in [1.29, 1.82) is 0 Å². The van der Waals surface area contributed by atoms with Crippen molar-refractivity contribution in [2.45, 2.75) is 25.3 Å². The highest BCUT2D eigenvalue weighted by Gasteiger charge is 2.29. The zero-order valence-electron chi connectivity index (χ0n) is 11.7. The van der Waals surface area contributed by atoms with Crippen LogP contribution in [0.1, 0.15) is 29.8 Å². The third kappa shape index (κ3) is 2.97. The second-order valence-electron chi connectivity index (χ2n) is 5.40. The Hall–Kier alpha value is -2.14. The van der Waals surface area contributed by atoms with Gasteiger partial charge in [-0.05, 0) is 12.8 Å². The average molecular weight is 286 g/mol. The van der Waals surface area contributed by atoms with Gasteiger partial charge in [-0.1, -0.05) is 41.9 Å². The highest BCUT2D eigenvalue weighted by molar-refractivity contribution is 5.92. The summed E-state index contributed by atoms with van der Waals surface area (Å²) < 4.78 is 5.14. The van der Waals surface area contributed by atoms with Crippen molar-refractivity contribution in [2.75, 3.05) is 6.61 Å². The van der Waals surface area contributed by atoms with Gasteiger partial charge in [0, 0.05) is 30.2 Å². The molecule has 1 aromatic heterocycles. The van der Waals surface area contributed by atoms with E-state index in [0.717, 1.165) is 24.8 Å². The van der Waals surface area contributed by atoms with E-state index in [0.29, 0.717) is 5.69 Å². The van der Waals surface area contributed by atoms with E-state index < -0.39 is 0 Å². The second-order valence-corrected chi connectivity index (χ2v) is 5.40. The van der Waals surface area contributed by atoms with Crippen molar-refractivity contribution in [3.63, 3.8) is 0 Å². The molecule has 5 nitrogen and oxygen atoms in total. The largest absolute Gasteiger partial charge is 0.396 e. The fourth-order valence-corrected chi connectivity index (χ4v) is 2.81. The molecule has 1 aliphatic carbocycles. The van der Waals surface area contributed by atoms with Crippen molar-refractivity contribution in [1.82, 2.24) is 10.5 Å². The zero-order chi connectivity index (χ0) is 14.7. The van der Waals surface area contributed by atoms with Crippen LogP contribution in [0.3, 0.4) is 0 Å². The van der Waals surface area contributed by atoms with Crippen LogP contribution in [0.25, 0.3) is 11.3 Å². The molecule has 2 aromatic rings. The molecule has 21 heavy (non-hydrogen) atoms. The lowest BCUT2D eigenvalue weighted by molar-refractivity contribution is 0.0879. The molecular formula is C16H18N2O3. The minimum absolute atomic E-state index is 0.0211. The predicted molar refractivity (Wildman–Crippen MR) is 77.6 cm³/mol. The number of amides is 1. The van der Waals surface area contributed by atoms with Gasteiger partial charge in [-0.15, -0.1) is 0 Å². The monoisotopic (exact) mass is 286 g/mol. The van der Waals surface area contributed by atoms with Gasteiger partial charge < -0.3 is 14.9 Å². The van der Waals surface area contributed by atoms with Crippen molar-refractivity contribution in [2.24, 2.45) is 5.92 Å². The van der Waals surface area contributed by atoms with Crippen molar-refractivity contribution in [3.8, 4) is 11.3 Å². The number of benzene rings is 1. The highest BCUT2D eigenvalue weighted by Crippen LogP contribution is 2.25. The van der Waals surface area contributed by atoms with E-state index in [2.05, 4.69) is 10.5 Å². The SMILES string of the molecule is O=C(NC1CCCC1CO)c1cc(-c2ccccc2)no1. The van der Waals surface area contributed by atoms with Gasteiger partial charge in [-0.3, -0.25) is 4.79 Å². The molecule has 1 amide bonds. The summed E-state index contributed by atoms with van der Waals surface area (Å²) in [5.74, 6) is 0.0814. The highest BCUT2D eigenvalue weighted by atomic mass is 16.5. The summed E-state index contributed by atoms with van der Waals surface area (Å²) in [6.45, 7) is 0.108. The Morgan fingerprint density at radius 1 is 1.33 bits per heavy atom. The Morgan fingerprint density at radius 2 is 2.14 bits per heavy atom.